The van der Waals surface area contributed by atoms with E-state index in [-0.39, 0.29) is 12.6 Å². The molecule has 0 aliphatic carbocycles. The van der Waals surface area contributed by atoms with Crippen molar-refractivity contribution in [2.45, 2.75) is 6.04 Å². The second-order valence-electron chi connectivity index (χ2n) is 3.54. The number of halogens is 1. The Balaban J connectivity index is 2.39. The molecule has 3 N–H and O–H groups in total. The van der Waals surface area contributed by atoms with Crippen LogP contribution in [0.15, 0.2) is 24.3 Å². The highest BCUT2D eigenvalue weighted by molar-refractivity contribution is 7.91. The lowest BCUT2D eigenvalue weighted by atomic mass is 10.3. The lowest BCUT2D eigenvalue weighted by Gasteiger charge is -2.16. The van der Waals surface area contributed by atoms with Gasteiger partial charge in [-0.2, -0.15) is 13.1 Å². The lowest BCUT2D eigenvalue weighted by molar-refractivity contribution is 0.583. The standard InChI is InChI=1S/C9H12ClN3O2S/c10-8-3-1-2-4-9(8)13-6-7(5-11)12-16(13,14)15/h1-4,7,12H,5-6,11H2. The molecule has 7 heteroatoms. The number of nitrogens with two attached hydrogens (primary N) is 1. The summed E-state index contributed by atoms with van der Waals surface area (Å²) in [7, 11) is -3.51. The summed E-state index contributed by atoms with van der Waals surface area (Å²) in [6.45, 7) is 0.572. The molecule has 0 aromatic heterocycles. The van der Waals surface area contributed by atoms with Gasteiger partial charge in [0.05, 0.1) is 23.3 Å². The van der Waals surface area contributed by atoms with Gasteiger partial charge in [-0.05, 0) is 12.1 Å². The summed E-state index contributed by atoms with van der Waals surface area (Å²) in [5.41, 5.74) is 5.93. The minimum atomic E-state index is -3.51. The van der Waals surface area contributed by atoms with Gasteiger partial charge in [0.25, 0.3) is 0 Å². The van der Waals surface area contributed by atoms with Gasteiger partial charge < -0.3 is 5.73 Å². The average molecular weight is 262 g/mol. The summed E-state index contributed by atoms with van der Waals surface area (Å²) in [6, 6.07) is 6.55. The molecule has 0 amide bonds. The molecule has 0 radical (unpaired) electrons. The third kappa shape index (κ3) is 2.01. The third-order valence-corrected chi connectivity index (χ3v) is 4.27. The van der Waals surface area contributed by atoms with Crippen LogP contribution in [0.2, 0.25) is 5.02 Å². The zero-order valence-electron chi connectivity index (χ0n) is 8.43. The van der Waals surface area contributed by atoms with Gasteiger partial charge in [0.15, 0.2) is 0 Å². The molecule has 1 unspecified atom stereocenters. The zero-order chi connectivity index (χ0) is 11.8. The van der Waals surface area contributed by atoms with Crippen LogP contribution in [0.3, 0.4) is 0 Å². The number of hydrogen-bond donors (Lipinski definition) is 2. The summed E-state index contributed by atoms with van der Waals surface area (Å²) in [4.78, 5) is 0. The van der Waals surface area contributed by atoms with Crippen LogP contribution in [0.5, 0.6) is 0 Å². The van der Waals surface area contributed by atoms with Gasteiger partial charge in [0.2, 0.25) is 0 Å². The van der Waals surface area contributed by atoms with E-state index in [1.165, 1.54) is 4.31 Å². The largest absolute Gasteiger partial charge is 0.329 e. The molecular formula is C9H12ClN3O2S. The third-order valence-electron chi connectivity index (χ3n) is 2.40. The van der Waals surface area contributed by atoms with E-state index in [0.29, 0.717) is 17.3 Å². The van der Waals surface area contributed by atoms with Gasteiger partial charge in [-0.15, -0.1) is 0 Å². The van der Waals surface area contributed by atoms with Crippen LogP contribution in [-0.2, 0) is 10.2 Å². The monoisotopic (exact) mass is 261 g/mol. The molecule has 1 aliphatic heterocycles. The van der Waals surface area contributed by atoms with E-state index in [2.05, 4.69) is 4.72 Å². The van der Waals surface area contributed by atoms with E-state index >= 15 is 0 Å². The number of nitrogens with one attached hydrogen (secondary N) is 1. The quantitative estimate of drug-likeness (QED) is 0.805. The molecule has 1 saturated heterocycles. The molecule has 5 nitrogen and oxygen atoms in total. The Kier molecular flexibility index (Phi) is 3.07. The van der Waals surface area contributed by atoms with E-state index in [4.69, 9.17) is 17.3 Å². The predicted molar refractivity (Wildman–Crippen MR) is 63.7 cm³/mol. The molecule has 2 rings (SSSR count). The molecule has 0 spiro atoms. The van der Waals surface area contributed by atoms with Crippen LogP contribution in [0, 0.1) is 0 Å². The van der Waals surface area contributed by atoms with Crippen molar-refractivity contribution in [3.63, 3.8) is 0 Å². The highest BCUT2D eigenvalue weighted by Gasteiger charge is 2.35. The summed E-state index contributed by atoms with van der Waals surface area (Å²) in [6.07, 6.45) is 0. The van der Waals surface area contributed by atoms with E-state index < -0.39 is 10.2 Å². The number of anilines is 1. The highest BCUT2D eigenvalue weighted by atomic mass is 35.5. The molecule has 88 valence electrons. The SMILES string of the molecule is NCC1CN(c2ccccc2Cl)S(=O)(=O)N1. The first kappa shape index (κ1) is 11.7. The Morgan fingerprint density at radius 1 is 1.50 bits per heavy atom. The maximum absolute atomic E-state index is 11.8. The Labute approximate surface area is 99.4 Å². The molecule has 1 heterocycles. The van der Waals surface area contributed by atoms with Gasteiger partial charge in [0.1, 0.15) is 0 Å². The molecule has 16 heavy (non-hydrogen) atoms. The van der Waals surface area contributed by atoms with Crippen molar-refractivity contribution in [1.82, 2.24) is 4.72 Å². The van der Waals surface area contributed by atoms with E-state index in [0.717, 1.165) is 0 Å². The number of hydrogen-bond acceptors (Lipinski definition) is 3. The fourth-order valence-corrected chi connectivity index (χ4v) is 3.42. The van der Waals surface area contributed by atoms with Crippen molar-refractivity contribution < 1.29 is 8.42 Å². The Morgan fingerprint density at radius 2 is 2.19 bits per heavy atom. The Morgan fingerprint density at radius 3 is 2.75 bits per heavy atom. The maximum atomic E-state index is 11.8. The average Bonchev–Trinajstić information content (AvgIpc) is 2.54. The van der Waals surface area contributed by atoms with Crippen LogP contribution in [0.25, 0.3) is 0 Å². The van der Waals surface area contributed by atoms with E-state index in [1.807, 2.05) is 0 Å². The first-order chi connectivity index (χ1) is 7.54. The summed E-state index contributed by atoms with van der Waals surface area (Å²) >= 11 is 5.96. The van der Waals surface area contributed by atoms with Crippen molar-refractivity contribution >= 4 is 27.5 Å². The summed E-state index contributed by atoms with van der Waals surface area (Å²) in [5, 5.41) is 0.408. The molecule has 1 aromatic rings. The topological polar surface area (TPSA) is 75.4 Å². The smallest absolute Gasteiger partial charge is 0.302 e. The maximum Gasteiger partial charge on any atom is 0.302 e. The number of nitrogens with zero attached hydrogens (tertiary/aromatic N) is 1. The van der Waals surface area contributed by atoms with Crippen LogP contribution in [0.1, 0.15) is 0 Å². The zero-order valence-corrected chi connectivity index (χ0v) is 10.0. The molecule has 1 fully saturated rings. The molecule has 0 saturated carbocycles. The van der Waals surface area contributed by atoms with Crippen molar-refractivity contribution in [3.05, 3.63) is 29.3 Å². The lowest BCUT2D eigenvalue weighted by Crippen LogP contribution is -2.34. The second-order valence-corrected chi connectivity index (χ2v) is 5.57. The van der Waals surface area contributed by atoms with Crippen molar-refractivity contribution in [2.75, 3.05) is 17.4 Å². The predicted octanol–water partition coefficient (Wildman–Crippen LogP) is 0.322. The van der Waals surface area contributed by atoms with Crippen LogP contribution in [-0.4, -0.2) is 27.5 Å². The second kappa shape index (κ2) is 4.21. The van der Waals surface area contributed by atoms with Crippen molar-refractivity contribution in [2.24, 2.45) is 5.73 Å². The minimum absolute atomic E-state index is 0.263. The Hall–Kier alpha value is -0.820. The summed E-state index contributed by atoms with van der Waals surface area (Å²) < 4.78 is 27.3. The minimum Gasteiger partial charge on any atom is -0.329 e. The first-order valence-electron chi connectivity index (χ1n) is 4.79. The normalized spacial score (nSPS) is 23.6. The molecule has 1 atom stereocenters. The van der Waals surface area contributed by atoms with Gasteiger partial charge in [-0.25, -0.2) is 0 Å². The van der Waals surface area contributed by atoms with Gasteiger partial charge in [-0.3, -0.25) is 4.31 Å². The van der Waals surface area contributed by atoms with E-state index in [9.17, 15) is 8.42 Å². The fourth-order valence-electron chi connectivity index (χ4n) is 1.61. The summed E-state index contributed by atoms with van der Waals surface area (Å²) in [5.74, 6) is 0. The number of benzene rings is 1. The fraction of sp³-hybridized carbons (Fsp3) is 0.333. The Bertz CT molecular complexity index is 491. The first-order valence-corrected chi connectivity index (χ1v) is 6.61. The highest BCUT2D eigenvalue weighted by Crippen LogP contribution is 2.29. The molecular weight excluding hydrogens is 250 g/mol. The molecule has 1 aromatic carbocycles. The molecule has 1 aliphatic rings. The van der Waals surface area contributed by atoms with Gasteiger partial charge in [0, 0.05) is 6.54 Å². The van der Waals surface area contributed by atoms with Gasteiger partial charge in [-0.1, -0.05) is 23.7 Å². The molecule has 0 bridgehead atoms. The number of para-hydroxylation sites is 1. The van der Waals surface area contributed by atoms with Crippen molar-refractivity contribution in [3.8, 4) is 0 Å². The van der Waals surface area contributed by atoms with Crippen LogP contribution >= 0.6 is 11.6 Å². The van der Waals surface area contributed by atoms with Gasteiger partial charge >= 0.3 is 10.2 Å². The van der Waals surface area contributed by atoms with E-state index in [1.54, 1.807) is 24.3 Å². The van der Waals surface area contributed by atoms with Crippen molar-refractivity contribution in [1.29, 1.82) is 0 Å². The number of rotatable bonds is 2. The van der Waals surface area contributed by atoms with Crippen LogP contribution in [0.4, 0.5) is 5.69 Å². The van der Waals surface area contributed by atoms with Crippen LogP contribution < -0.4 is 14.8 Å².